The topological polar surface area (TPSA) is 25.2 Å². The van der Waals surface area contributed by atoms with E-state index in [4.69, 9.17) is 4.42 Å². The van der Waals surface area contributed by atoms with Crippen LogP contribution in [0.3, 0.4) is 0 Å². The van der Waals surface area contributed by atoms with Crippen LogP contribution in [0.2, 0.25) is 0 Å². The van der Waals surface area contributed by atoms with Crippen molar-refractivity contribution in [1.29, 1.82) is 0 Å². The second kappa shape index (κ2) is 3.09. The molecule has 0 spiro atoms. The Hall–Kier alpha value is -0.0300. The summed E-state index contributed by atoms with van der Waals surface area (Å²) in [5.74, 6) is 0.972. The second-order valence-corrected chi connectivity index (χ2v) is 2.15. The minimum atomic E-state index is 0.799. The van der Waals surface area contributed by atoms with Gasteiger partial charge in [-0.15, -0.1) is 0 Å². The normalized spacial score (nSPS) is 9.62. The first-order chi connectivity index (χ1) is 3.93. The first kappa shape index (κ1) is 6.10. The van der Waals surface area contributed by atoms with Crippen molar-refractivity contribution in [3.05, 3.63) is 24.2 Å². The van der Waals surface area contributed by atoms with Crippen LogP contribution >= 0.6 is 22.9 Å². The van der Waals surface area contributed by atoms with Gasteiger partial charge in [0.15, 0.2) is 0 Å². The summed E-state index contributed by atoms with van der Waals surface area (Å²) in [7, 11) is 0. The van der Waals surface area contributed by atoms with Crippen molar-refractivity contribution in [2.45, 2.75) is 6.54 Å². The third kappa shape index (κ3) is 1.48. The Morgan fingerprint density at radius 2 is 2.62 bits per heavy atom. The molecule has 0 unspecified atom stereocenters. The van der Waals surface area contributed by atoms with Gasteiger partial charge in [0, 0.05) is 22.9 Å². The van der Waals surface area contributed by atoms with Crippen LogP contribution in [0.15, 0.2) is 22.8 Å². The zero-order valence-corrected chi connectivity index (χ0v) is 6.38. The van der Waals surface area contributed by atoms with E-state index in [2.05, 4.69) is 26.4 Å². The molecule has 0 saturated carbocycles. The lowest BCUT2D eigenvalue weighted by atomic mass is 10.5. The van der Waals surface area contributed by atoms with Gasteiger partial charge in [-0.05, 0) is 12.1 Å². The summed E-state index contributed by atoms with van der Waals surface area (Å²) in [6.45, 7) is 0.799. The van der Waals surface area contributed by atoms with Crippen LogP contribution in [0, 0.1) is 0 Å². The Balaban J connectivity index is 2.50. The number of rotatable bonds is 2. The molecule has 8 heavy (non-hydrogen) atoms. The molecular weight excluding hydrogens is 217 g/mol. The quantitative estimate of drug-likeness (QED) is 0.609. The second-order valence-electron chi connectivity index (χ2n) is 1.39. The molecule has 1 aromatic rings. The summed E-state index contributed by atoms with van der Waals surface area (Å²) < 4.78 is 7.95. The van der Waals surface area contributed by atoms with Crippen molar-refractivity contribution in [3.8, 4) is 0 Å². The lowest BCUT2D eigenvalue weighted by Crippen LogP contribution is -1.94. The van der Waals surface area contributed by atoms with Gasteiger partial charge in [-0.25, -0.2) is 0 Å². The highest BCUT2D eigenvalue weighted by molar-refractivity contribution is 14.1. The standard InChI is InChI=1S/C5H6INO/c6-7-4-5-2-1-3-8-5/h1-3,7H,4H2. The molecule has 3 heteroatoms. The van der Waals surface area contributed by atoms with Crippen LogP contribution in [-0.4, -0.2) is 0 Å². The molecule has 0 bridgehead atoms. The summed E-state index contributed by atoms with van der Waals surface area (Å²) in [6.07, 6.45) is 1.67. The highest BCUT2D eigenvalue weighted by Crippen LogP contribution is 1.98. The van der Waals surface area contributed by atoms with E-state index in [1.807, 2.05) is 12.1 Å². The van der Waals surface area contributed by atoms with Crippen molar-refractivity contribution in [2.24, 2.45) is 0 Å². The molecule has 1 aromatic heterocycles. The first-order valence-corrected chi connectivity index (χ1v) is 3.37. The molecule has 0 aromatic carbocycles. The molecule has 0 amide bonds. The minimum absolute atomic E-state index is 0.799. The van der Waals surface area contributed by atoms with Gasteiger partial charge in [-0.1, -0.05) is 0 Å². The predicted molar refractivity (Wildman–Crippen MR) is 39.6 cm³/mol. The Morgan fingerprint density at radius 3 is 3.12 bits per heavy atom. The van der Waals surface area contributed by atoms with Gasteiger partial charge >= 0.3 is 0 Å². The van der Waals surface area contributed by atoms with Crippen molar-refractivity contribution >= 4 is 22.9 Å². The van der Waals surface area contributed by atoms with E-state index in [-0.39, 0.29) is 0 Å². The average molecular weight is 223 g/mol. The number of hydrogen-bond donors (Lipinski definition) is 1. The van der Waals surface area contributed by atoms with Gasteiger partial charge < -0.3 is 4.42 Å². The fraction of sp³-hybridized carbons (Fsp3) is 0.200. The van der Waals surface area contributed by atoms with E-state index in [1.54, 1.807) is 6.26 Å². The van der Waals surface area contributed by atoms with E-state index >= 15 is 0 Å². The summed E-state index contributed by atoms with van der Waals surface area (Å²) in [5.41, 5.74) is 0. The monoisotopic (exact) mass is 223 g/mol. The smallest absolute Gasteiger partial charge is 0.118 e. The van der Waals surface area contributed by atoms with Crippen molar-refractivity contribution in [2.75, 3.05) is 0 Å². The lowest BCUT2D eigenvalue weighted by Gasteiger charge is -1.87. The number of furan rings is 1. The molecule has 0 fully saturated rings. The van der Waals surface area contributed by atoms with Gasteiger partial charge in [0.05, 0.1) is 12.8 Å². The largest absolute Gasteiger partial charge is 0.468 e. The van der Waals surface area contributed by atoms with Gasteiger partial charge in [-0.3, -0.25) is 3.53 Å². The molecule has 0 saturated heterocycles. The molecule has 0 aliphatic carbocycles. The summed E-state index contributed by atoms with van der Waals surface area (Å²) >= 11 is 2.08. The minimum Gasteiger partial charge on any atom is -0.468 e. The average Bonchev–Trinajstić information content (AvgIpc) is 2.19. The summed E-state index contributed by atoms with van der Waals surface area (Å²) in [5, 5.41) is 0. The molecular formula is C5H6INO. The summed E-state index contributed by atoms with van der Waals surface area (Å²) in [6, 6.07) is 3.81. The highest BCUT2D eigenvalue weighted by atomic mass is 127. The highest BCUT2D eigenvalue weighted by Gasteiger charge is 1.88. The fourth-order valence-electron chi connectivity index (χ4n) is 0.479. The van der Waals surface area contributed by atoms with Crippen molar-refractivity contribution < 1.29 is 4.42 Å². The SMILES string of the molecule is INCc1ccco1. The maximum absolute atomic E-state index is 5.01. The van der Waals surface area contributed by atoms with E-state index < -0.39 is 0 Å². The molecule has 0 aliphatic heterocycles. The number of nitrogens with one attached hydrogen (secondary N) is 1. The molecule has 0 aliphatic rings. The van der Waals surface area contributed by atoms with E-state index in [0.717, 1.165) is 12.3 Å². The molecule has 2 nitrogen and oxygen atoms in total. The van der Waals surface area contributed by atoms with E-state index in [1.165, 1.54) is 0 Å². The zero-order chi connectivity index (χ0) is 5.82. The molecule has 1 rings (SSSR count). The van der Waals surface area contributed by atoms with Crippen LogP contribution in [0.1, 0.15) is 5.76 Å². The Morgan fingerprint density at radius 1 is 1.75 bits per heavy atom. The molecule has 1 N–H and O–H groups in total. The zero-order valence-electron chi connectivity index (χ0n) is 4.23. The van der Waals surface area contributed by atoms with Gasteiger partial charge in [0.25, 0.3) is 0 Å². The third-order valence-corrected chi connectivity index (χ3v) is 1.20. The van der Waals surface area contributed by atoms with Crippen LogP contribution < -0.4 is 3.53 Å². The van der Waals surface area contributed by atoms with Crippen LogP contribution in [0.5, 0.6) is 0 Å². The van der Waals surface area contributed by atoms with Crippen LogP contribution in [0.25, 0.3) is 0 Å². The maximum Gasteiger partial charge on any atom is 0.118 e. The molecule has 44 valence electrons. The predicted octanol–water partition coefficient (Wildman–Crippen LogP) is 1.72. The molecule has 0 radical (unpaired) electrons. The first-order valence-electron chi connectivity index (χ1n) is 2.29. The third-order valence-electron chi connectivity index (χ3n) is 0.821. The number of hydrogen-bond acceptors (Lipinski definition) is 2. The van der Waals surface area contributed by atoms with E-state index in [0.29, 0.717) is 0 Å². The van der Waals surface area contributed by atoms with Gasteiger partial charge in [0.2, 0.25) is 0 Å². The molecule has 0 atom stereocenters. The van der Waals surface area contributed by atoms with Crippen LogP contribution in [-0.2, 0) is 6.54 Å². The Bertz CT molecular complexity index is 138. The van der Waals surface area contributed by atoms with Crippen LogP contribution in [0.4, 0.5) is 0 Å². The lowest BCUT2D eigenvalue weighted by molar-refractivity contribution is 0.509. The summed E-state index contributed by atoms with van der Waals surface area (Å²) in [4.78, 5) is 0. The van der Waals surface area contributed by atoms with Crippen molar-refractivity contribution in [3.63, 3.8) is 0 Å². The van der Waals surface area contributed by atoms with Gasteiger partial charge in [-0.2, -0.15) is 0 Å². The Labute approximate surface area is 61.8 Å². The van der Waals surface area contributed by atoms with E-state index in [9.17, 15) is 0 Å². The van der Waals surface area contributed by atoms with Gasteiger partial charge in [0.1, 0.15) is 5.76 Å². The maximum atomic E-state index is 5.01. The fourth-order valence-corrected chi connectivity index (χ4v) is 0.855. The molecule has 1 heterocycles. The Kier molecular flexibility index (Phi) is 2.35. The van der Waals surface area contributed by atoms with Crippen molar-refractivity contribution in [1.82, 2.24) is 3.53 Å². The number of halogens is 1.